The van der Waals surface area contributed by atoms with Gasteiger partial charge in [-0.05, 0) is 44.2 Å². The predicted molar refractivity (Wildman–Crippen MR) is 79.9 cm³/mol. The first-order chi connectivity index (χ1) is 11.1. The van der Waals surface area contributed by atoms with Crippen LogP contribution in [-0.4, -0.2) is 32.6 Å². The van der Waals surface area contributed by atoms with E-state index in [-0.39, 0.29) is 23.6 Å². The SMILES string of the molecule is Cc1noc(Cl)c1CC(=O)N1CCC[C@@H]1c1noc(C2CC2)n1. The fraction of sp³-hybridized carbons (Fsp3) is 0.600. The molecule has 1 atom stereocenters. The summed E-state index contributed by atoms with van der Waals surface area (Å²) in [5.74, 6) is 1.72. The maximum atomic E-state index is 12.7. The summed E-state index contributed by atoms with van der Waals surface area (Å²) in [6.07, 6.45) is 4.18. The van der Waals surface area contributed by atoms with Gasteiger partial charge in [0.05, 0.1) is 18.2 Å². The maximum Gasteiger partial charge on any atom is 0.229 e. The molecule has 7 nitrogen and oxygen atoms in total. The van der Waals surface area contributed by atoms with Crippen molar-refractivity contribution in [3.8, 4) is 0 Å². The highest BCUT2D eigenvalue weighted by molar-refractivity contribution is 6.29. The van der Waals surface area contributed by atoms with E-state index < -0.39 is 0 Å². The van der Waals surface area contributed by atoms with Crippen molar-refractivity contribution in [2.75, 3.05) is 6.54 Å². The predicted octanol–water partition coefficient (Wildman–Crippen LogP) is 2.80. The Kier molecular flexibility index (Phi) is 3.60. The minimum Gasteiger partial charge on any atom is -0.344 e. The third-order valence-electron chi connectivity index (χ3n) is 4.52. The number of halogens is 1. The van der Waals surface area contributed by atoms with Gasteiger partial charge in [-0.25, -0.2) is 0 Å². The molecule has 2 aromatic heterocycles. The van der Waals surface area contributed by atoms with E-state index in [4.69, 9.17) is 20.6 Å². The van der Waals surface area contributed by atoms with Gasteiger partial charge in [0.1, 0.15) is 0 Å². The quantitative estimate of drug-likeness (QED) is 0.853. The molecule has 8 heteroatoms. The smallest absolute Gasteiger partial charge is 0.229 e. The second-order valence-electron chi connectivity index (χ2n) is 6.21. The molecule has 1 saturated carbocycles. The summed E-state index contributed by atoms with van der Waals surface area (Å²) in [6, 6.07) is -0.113. The summed E-state index contributed by atoms with van der Waals surface area (Å²) in [6.45, 7) is 2.47. The number of hydrogen-bond donors (Lipinski definition) is 0. The molecule has 0 bridgehead atoms. The number of aromatic nitrogens is 3. The minimum atomic E-state index is -0.113. The highest BCUT2D eigenvalue weighted by atomic mass is 35.5. The molecule has 2 aromatic rings. The number of carbonyl (C=O) groups is 1. The first-order valence-electron chi connectivity index (χ1n) is 7.87. The Bertz CT molecular complexity index is 717. The van der Waals surface area contributed by atoms with Crippen LogP contribution < -0.4 is 0 Å². The Hall–Kier alpha value is -1.89. The molecule has 0 unspecified atom stereocenters. The highest BCUT2D eigenvalue weighted by Gasteiger charge is 2.36. The van der Waals surface area contributed by atoms with Gasteiger partial charge < -0.3 is 13.9 Å². The van der Waals surface area contributed by atoms with E-state index in [1.165, 1.54) is 0 Å². The molecule has 4 rings (SSSR count). The lowest BCUT2D eigenvalue weighted by molar-refractivity contribution is -0.131. The second kappa shape index (κ2) is 5.63. The Balaban J connectivity index is 1.51. The zero-order chi connectivity index (χ0) is 16.0. The molecule has 1 aliphatic heterocycles. The second-order valence-corrected chi connectivity index (χ2v) is 6.55. The number of aryl methyl sites for hydroxylation is 1. The Morgan fingerprint density at radius 3 is 2.83 bits per heavy atom. The summed E-state index contributed by atoms with van der Waals surface area (Å²) in [7, 11) is 0. The van der Waals surface area contributed by atoms with Gasteiger partial charge in [0.2, 0.25) is 17.0 Å². The van der Waals surface area contributed by atoms with Gasteiger partial charge >= 0.3 is 0 Å². The molecule has 1 saturated heterocycles. The van der Waals surface area contributed by atoms with Crippen LogP contribution >= 0.6 is 11.6 Å². The van der Waals surface area contributed by atoms with Gasteiger partial charge in [0, 0.05) is 18.0 Å². The standard InChI is InChI=1S/C15H17ClN4O3/c1-8-10(13(16)22-18-8)7-12(21)20-6-2-3-11(20)14-17-15(23-19-14)9-4-5-9/h9,11H,2-7H2,1H3/t11-/m1/s1. The molecule has 0 aromatic carbocycles. The summed E-state index contributed by atoms with van der Waals surface area (Å²) < 4.78 is 10.2. The lowest BCUT2D eigenvalue weighted by atomic mass is 10.1. The normalized spacial score (nSPS) is 21.1. The number of carbonyl (C=O) groups excluding carboxylic acids is 1. The fourth-order valence-corrected chi connectivity index (χ4v) is 3.26. The van der Waals surface area contributed by atoms with Crippen molar-refractivity contribution in [3.63, 3.8) is 0 Å². The molecule has 0 N–H and O–H groups in total. The van der Waals surface area contributed by atoms with E-state index in [1.54, 1.807) is 6.92 Å². The number of rotatable bonds is 4. The van der Waals surface area contributed by atoms with Crippen LogP contribution in [0.4, 0.5) is 0 Å². The average molecular weight is 337 g/mol. The molecular weight excluding hydrogens is 320 g/mol. The van der Waals surface area contributed by atoms with Crippen molar-refractivity contribution in [2.24, 2.45) is 0 Å². The van der Waals surface area contributed by atoms with Crippen LogP contribution in [0.2, 0.25) is 5.22 Å². The van der Waals surface area contributed by atoms with E-state index in [0.29, 0.717) is 35.4 Å². The molecule has 23 heavy (non-hydrogen) atoms. The van der Waals surface area contributed by atoms with Crippen LogP contribution in [-0.2, 0) is 11.2 Å². The zero-order valence-electron chi connectivity index (χ0n) is 12.8. The molecule has 0 radical (unpaired) electrons. The summed E-state index contributed by atoms with van der Waals surface area (Å²) in [5.41, 5.74) is 1.30. The highest BCUT2D eigenvalue weighted by Crippen LogP contribution is 2.40. The molecule has 3 heterocycles. The fourth-order valence-electron chi connectivity index (χ4n) is 3.02. The van der Waals surface area contributed by atoms with Crippen LogP contribution in [0.25, 0.3) is 0 Å². The van der Waals surface area contributed by atoms with E-state index >= 15 is 0 Å². The molecule has 1 aliphatic carbocycles. The molecule has 0 spiro atoms. The van der Waals surface area contributed by atoms with Crippen LogP contribution in [0.3, 0.4) is 0 Å². The number of amides is 1. The zero-order valence-corrected chi connectivity index (χ0v) is 13.5. The van der Waals surface area contributed by atoms with Crippen molar-refractivity contribution < 1.29 is 13.8 Å². The van der Waals surface area contributed by atoms with E-state index in [2.05, 4.69) is 15.3 Å². The van der Waals surface area contributed by atoms with Crippen molar-refractivity contribution in [1.82, 2.24) is 20.2 Å². The summed E-state index contributed by atoms with van der Waals surface area (Å²) in [4.78, 5) is 19.0. The van der Waals surface area contributed by atoms with Gasteiger partial charge in [0.25, 0.3) is 0 Å². The largest absolute Gasteiger partial charge is 0.344 e. The number of hydrogen-bond acceptors (Lipinski definition) is 6. The summed E-state index contributed by atoms with van der Waals surface area (Å²) >= 11 is 5.95. The van der Waals surface area contributed by atoms with Gasteiger partial charge in [-0.1, -0.05) is 10.3 Å². The van der Waals surface area contributed by atoms with Gasteiger partial charge in [-0.2, -0.15) is 4.98 Å². The maximum absolute atomic E-state index is 12.7. The molecular formula is C15H17ClN4O3. The number of nitrogens with zero attached hydrogens (tertiary/aromatic N) is 4. The van der Waals surface area contributed by atoms with Crippen LogP contribution in [0.1, 0.15) is 60.6 Å². The van der Waals surface area contributed by atoms with Gasteiger partial charge in [0.15, 0.2) is 5.82 Å². The summed E-state index contributed by atoms with van der Waals surface area (Å²) in [5, 5.41) is 8.06. The van der Waals surface area contributed by atoms with Gasteiger partial charge in [-0.3, -0.25) is 4.79 Å². The first kappa shape index (κ1) is 14.7. The van der Waals surface area contributed by atoms with Crippen molar-refractivity contribution in [2.45, 2.75) is 51.0 Å². The molecule has 122 valence electrons. The Labute approximate surface area is 138 Å². The van der Waals surface area contributed by atoms with Crippen molar-refractivity contribution in [3.05, 3.63) is 28.2 Å². The Morgan fingerprint density at radius 1 is 1.30 bits per heavy atom. The van der Waals surface area contributed by atoms with Crippen molar-refractivity contribution >= 4 is 17.5 Å². The minimum absolute atomic E-state index is 0.0153. The molecule has 2 aliphatic rings. The monoisotopic (exact) mass is 336 g/mol. The third-order valence-corrected chi connectivity index (χ3v) is 4.82. The first-order valence-corrected chi connectivity index (χ1v) is 8.25. The Morgan fingerprint density at radius 2 is 2.13 bits per heavy atom. The lowest BCUT2D eigenvalue weighted by Crippen LogP contribution is -2.32. The van der Waals surface area contributed by atoms with Crippen LogP contribution in [0, 0.1) is 6.92 Å². The van der Waals surface area contributed by atoms with Crippen LogP contribution in [0.5, 0.6) is 0 Å². The van der Waals surface area contributed by atoms with E-state index in [1.807, 2.05) is 4.90 Å². The molecule has 1 amide bonds. The average Bonchev–Trinajstić information content (AvgIpc) is 2.97. The van der Waals surface area contributed by atoms with Gasteiger partial charge in [-0.15, -0.1) is 0 Å². The van der Waals surface area contributed by atoms with E-state index in [0.717, 1.165) is 25.7 Å². The van der Waals surface area contributed by atoms with E-state index in [9.17, 15) is 4.79 Å². The lowest BCUT2D eigenvalue weighted by Gasteiger charge is -2.22. The third kappa shape index (κ3) is 2.73. The van der Waals surface area contributed by atoms with Crippen LogP contribution in [0.15, 0.2) is 9.05 Å². The molecule has 2 fully saturated rings. The van der Waals surface area contributed by atoms with Crippen molar-refractivity contribution in [1.29, 1.82) is 0 Å². The number of likely N-dealkylation sites (tertiary alicyclic amines) is 1. The topological polar surface area (TPSA) is 85.3 Å².